The lowest BCUT2D eigenvalue weighted by Gasteiger charge is -2.35. The van der Waals surface area contributed by atoms with Crippen molar-refractivity contribution in [1.29, 1.82) is 5.26 Å². The van der Waals surface area contributed by atoms with Crippen LogP contribution in [0.1, 0.15) is 18.4 Å². The predicted octanol–water partition coefficient (Wildman–Crippen LogP) is 2.15. The van der Waals surface area contributed by atoms with E-state index in [1.165, 1.54) is 0 Å². The molecule has 0 unspecified atom stereocenters. The average Bonchev–Trinajstić information content (AvgIpc) is 2.23. The van der Waals surface area contributed by atoms with Crippen molar-refractivity contribution < 1.29 is 4.74 Å². The molecular formula is C12H14N2O. The fourth-order valence-electron chi connectivity index (χ4n) is 1.75. The maximum atomic E-state index is 8.65. The maximum absolute atomic E-state index is 8.65. The van der Waals surface area contributed by atoms with Crippen molar-refractivity contribution in [3.8, 4) is 6.07 Å². The van der Waals surface area contributed by atoms with E-state index in [9.17, 15) is 0 Å². The number of hydrogen-bond acceptors (Lipinski definition) is 3. The second kappa shape index (κ2) is 4.33. The van der Waals surface area contributed by atoms with Gasteiger partial charge in [0, 0.05) is 18.8 Å². The summed E-state index contributed by atoms with van der Waals surface area (Å²) < 4.78 is 5.21. The fraction of sp³-hybridized carbons (Fsp3) is 0.417. The highest BCUT2D eigenvalue weighted by molar-refractivity contribution is 5.48. The monoisotopic (exact) mass is 202 g/mol. The number of anilines is 1. The van der Waals surface area contributed by atoms with E-state index < -0.39 is 0 Å². The van der Waals surface area contributed by atoms with Crippen LogP contribution in [0.3, 0.4) is 0 Å². The number of nitriles is 1. The van der Waals surface area contributed by atoms with Crippen LogP contribution in [0, 0.1) is 11.3 Å². The zero-order chi connectivity index (χ0) is 10.7. The number of methoxy groups -OCH3 is 1. The highest BCUT2D eigenvalue weighted by Crippen LogP contribution is 2.26. The zero-order valence-corrected chi connectivity index (χ0v) is 8.73. The van der Waals surface area contributed by atoms with Crippen LogP contribution in [0.25, 0.3) is 0 Å². The van der Waals surface area contributed by atoms with E-state index in [2.05, 4.69) is 11.4 Å². The number of ether oxygens (including phenoxy) is 1. The van der Waals surface area contributed by atoms with Crippen LogP contribution < -0.4 is 5.32 Å². The minimum atomic E-state index is 0.417. The smallest absolute Gasteiger partial charge is 0.0991 e. The Bertz CT molecular complexity index is 360. The minimum Gasteiger partial charge on any atom is -0.382 e. The topological polar surface area (TPSA) is 45.0 Å². The molecule has 1 fully saturated rings. The van der Waals surface area contributed by atoms with Crippen LogP contribution >= 0.6 is 0 Å². The van der Waals surface area contributed by atoms with Crippen molar-refractivity contribution in [2.24, 2.45) is 0 Å². The normalized spacial score (nSPS) is 24.0. The molecule has 0 saturated heterocycles. The van der Waals surface area contributed by atoms with Crippen LogP contribution in [-0.2, 0) is 4.74 Å². The van der Waals surface area contributed by atoms with Crippen LogP contribution in [0.15, 0.2) is 24.3 Å². The largest absolute Gasteiger partial charge is 0.382 e. The maximum Gasteiger partial charge on any atom is 0.0991 e. The van der Waals surface area contributed by atoms with E-state index in [1.807, 2.05) is 24.3 Å². The Labute approximate surface area is 89.7 Å². The summed E-state index contributed by atoms with van der Waals surface area (Å²) in [6, 6.07) is 10.2. The Hall–Kier alpha value is -1.53. The summed E-state index contributed by atoms with van der Waals surface area (Å²) in [6.45, 7) is 0. The van der Waals surface area contributed by atoms with Crippen molar-refractivity contribution in [1.82, 2.24) is 0 Å². The molecule has 0 atom stereocenters. The number of nitrogens with zero attached hydrogens (tertiary/aromatic N) is 1. The molecule has 0 amide bonds. The molecule has 1 aromatic carbocycles. The van der Waals surface area contributed by atoms with Gasteiger partial charge in [0.05, 0.1) is 17.7 Å². The number of nitrogens with one attached hydrogen (secondary N) is 1. The Morgan fingerprint density at radius 1 is 1.33 bits per heavy atom. The first-order chi connectivity index (χ1) is 7.31. The van der Waals surface area contributed by atoms with E-state index in [4.69, 9.17) is 10.00 Å². The third kappa shape index (κ3) is 2.28. The highest BCUT2D eigenvalue weighted by atomic mass is 16.5. The summed E-state index contributed by atoms with van der Waals surface area (Å²) >= 11 is 0. The number of benzene rings is 1. The summed E-state index contributed by atoms with van der Waals surface area (Å²) in [6.07, 6.45) is 2.55. The molecule has 0 aliphatic heterocycles. The van der Waals surface area contributed by atoms with Crippen molar-refractivity contribution in [2.45, 2.75) is 25.0 Å². The molecule has 0 aromatic heterocycles. The Balaban J connectivity index is 1.87. The first kappa shape index (κ1) is 10.0. The van der Waals surface area contributed by atoms with E-state index in [-0.39, 0.29) is 0 Å². The van der Waals surface area contributed by atoms with Gasteiger partial charge in [0.1, 0.15) is 0 Å². The number of rotatable bonds is 3. The molecule has 0 radical (unpaired) electrons. The van der Waals surface area contributed by atoms with Gasteiger partial charge >= 0.3 is 0 Å². The Morgan fingerprint density at radius 2 is 2.00 bits per heavy atom. The summed E-state index contributed by atoms with van der Waals surface area (Å²) in [4.78, 5) is 0. The second-order valence-electron chi connectivity index (χ2n) is 3.86. The van der Waals surface area contributed by atoms with Gasteiger partial charge in [-0.1, -0.05) is 0 Å². The lowest BCUT2D eigenvalue weighted by Crippen LogP contribution is -2.40. The van der Waals surface area contributed by atoms with Crippen LogP contribution in [0.4, 0.5) is 5.69 Å². The molecule has 0 heterocycles. The quantitative estimate of drug-likeness (QED) is 0.816. The van der Waals surface area contributed by atoms with E-state index in [0.717, 1.165) is 18.5 Å². The molecule has 15 heavy (non-hydrogen) atoms. The summed E-state index contributed by atoms with van der Waals surface area (Å²) in [5.41, 5.74) is 1.78. The van der Waals surface area contributed by atoms with Gasteiger partial charge in [-0.3, -0.25) is 0 Å². The molecule has 0 spiro atoms. The van der Waals surface area contributed by atoms with E-state index in [1.54, 1.807) is 7.11 Å². The van der Waals surface area contributed by atoms with E-state index in [0.29, 0.717) is 17.7 Å². The molecule has 3 heteroatoms. The van der Waals surface area contributed by atoms with Gasteiger partial charge in [-0.2, -0.15) is 5.26 Å². The van der Waals surface area contributed by atoms with Gasteiger partial charge in [0.25, 0.3) is 0 Å². The van der Waals surface area contributed by atoms with Crippen molar-refractivity contribution >= 4 is 5.69 Å². The Morgan fingerprint density at radius 3 is 2.53 bits per heavy atom. The predicted molar refractivity (Wildman–Crippen MR) is 58.6 cm³/mol. The van der Waals surface area contributed by atoms with Gasteiger partial charge in [-0.05, 0) is 37.1 Å². The molecule has 2 rings (SSSR count). The lowest BCUT2D eigenvalue weighted by molar-refractivity contribution is 0.0329. The van der Waals surface area contributed by atoms with Crippen molar-refractivity contribution in [3.63, 3.8) is 0 Å². The molecule has 3 nitrogen and oxygen atoms in total. The fourth-order valence-corrected chi connectivity index (χ4v) is 1.75. The van der Waals surface area contributed by atoms with Crippen LogP contribution in [-0.4, -0.2) is 19.3 Å². The number of hydrogen-bond donors (Lipinski definition) is 1. The molecular weight excluding hydrogens is 188 g/mol. The molecule has 1 saturated carbocycles. The van der Waals surface area contributed by atoms with Crippen molar-refractivity contribution in [3.05, 3.63) is 29.8 Å². The van der Waals surface area contributed by atoms with Gasteiger partial charge < -0.3 is 10.1 Å². The zero-order valence-electron chi connectivity index (χ0n) is 8.73. The third-order valence-electron chi connectivity index (χ3n) is 2.81. The summed E-state index contributed by atoms with van der Waals surface area (Å²) in [5.74, 6) is 0. The van der Waals surface area contributed by atoms with Gasteiger partial charge in [0.2, 0.25) is 0 Å². The first-order valence-electron chi connectivity index (χ1n) is 5.11. The standard InChI is InChI=1S/C12H14N2O/c1-15-12-6-11(7-12)14-10-4-2-9(8-13)3-5-10/h2-5,11-12,14H,6-7H2,1H3. The average molecular weight is 202 g/mol. The minimum absolute atomic E-state index is 0.417. The SMILES string of the molecule is COC1CC(Nc2ccc(C#N)cc2)C1. The molecule has 1 aliphatic carbocycles. The van der Waals surface area contributed by atoms with Gasteiger partial charge in [0.15, 0.2) is 0 Å². The third-order valence-corrected chi connectivity index (χ3v) is 2.81. The summed E-state index contributed by atoms with van der Waals surface area (Å²) in [7, 11) is 1.75. The second-order valence-corrected chi connectivity index (χ2v) is 3.86. The Kier molecular flexibility index (Phi) is 2.89. The van der Waals surface area contributed by atoms with Gasteiger partial charge in [-0.25, -0.2) is 0 Å². The van der Waals surface area contributed by atoms with Crippen molar-refractivity contribution in [2.75, 3.05) is 12.4 Å². The molecule has 1 aliphatic rings. The molecule has 78 valence electrons. The molecule has 1 aromatic rings. The van der Waals surface area contributed by atoms with E-state index >= 15 is 0 Å². The first-order valence-corrected chi connectivity index (χ1v) is 5.11. The molecule has 1 N–H and O–H groups in total. The summed E-state index contributed by atoms with van der Waals surface area (Å²) in [5, 5.41) is 12.1. The van der Waals surface area contributed by atoms with Crippen LogP contribution in [0.2, 0.25) is 0 Å². The molecule has 0 bridgehead atoms. The van der Waals surface area contributed by atoms with Gasteiger partial charge in [-0.15, -0.1) is 0 Å². The lowest BCUT2D eigenvalue weighted by atomic mass is 9.89. The highest BCUT2D eigenvalue weighted by Gasteiger charge is 2.28. The van der Waals surface area contributed by atoms with Crippen LogP contribution in [0.5, 0.6) is 0 Å².